The largest absolute Gasteiger partial charge is 0.495 e. The number of thiazole rings is 1. The molecule has 0 unspecified atom stereocenters. The van der Waals surface area contributed by atoms with Crippen molar-refractivity contribution in [3.05, 3.63) is 29.3 Å². The number of carbonyl (C=O) groups excluding carboxylic acids is 2. The van der Waals surface area contributed by atoms with Gasteiger partial charge in [0.1, 0.15) is 5.75 Å². The van der Waals surface area contributed by atoms with Gasteiger partial charge in [-0.3, -0.25) is 9.69 Å². The summed E-state index contributed by atoms with van der Waals surface area (Å²) in [5.74, 6) is -0.0471. The summed E-state index contributed by atoms with van der Waals surface area (Å²) in [7, 11) is 0.629. The van der Waals surface area contributed by atoms with Gasteiger partial charge in [0.15, 0.2) is 5.13 Å². The molecule has 12 heteroatoms. The van der Waals surface area contributed by atoms with E-state index in [1.54, 1.807) is 5.38 Å². The summed E-state index contributed by atoms with van der Waals surface area (Å²) in [6.45, 7) is 1.09. The summed E-state index contributed by atoms with van der Waals surface area (Å²) in [6, 6.07) is 4.04. The molecule has 10 nitrogen and oxygen atoms in total. The molecule has 3 amide bonds. The van der Waals surface area contributed by atoms with Crippen molar-refractivity contribution in [3.63, 3.8) is 0 Å². The van der Waals surface area contributed by atoms with Crippen molar-refractivity contribution in [2.45, 2.75) is 11.3 Å². The third kappa shape index (κ3) is 4.49. The summed E-state index contributed by atoms with van der Waals surface area (Å²) in [4.78, 5) is 30.1. The number of ether oxygens (including phenoxy) is 1. The van der Waals surface area contributed by atoms with Gasteiger partial charge in [0, 0.05) is 32.6 Å². The van der Waals surface area contributed by atoms with Gasteiger partial charge in [-0.05, 0) is 18.2 Å². The molecule has 1 aromatic heterocycles. The number of nitrogens with zero attached hydrogens (tertiary/aromatic N) is 3. The number of carbonyl (C=O) groups is 2. The topological polar surface area (TPSA) is 121 Å². The molecular weight excluding hydrogens is 418 g/mol. The predicted molar refractivity (Wildman–Crippen MR) is 109 cm³/mol. The Morgan fingerprint density at radius 2 is 2.17 bits per heavy atom. The predicted octanol–water partition coefficient (Wildman–Crippen LogP) is 1.11. The van der Waals surface area contributed by atoms with Crippen LogP contribution in [0.1, 0.15) is 5.69 Å². The Bertz CT molecular complexity index is 1030. The smallest absolute Gasteiger partial charge is 0.323 e. The van der Waals surface area contributed by atoms with Crippen LogP contribution >= 0.6 is 11.3 Å². The summed E-state index contributed by atoms with van der Waals surface area (Å²) < 4.78 is 31.0. The van der Waals surface area contributed by atoms with E-state index in [0.29, 0.717) is 29.7 Å². The summed E-state index contributed by atoms with van der Waals surface area (Å²) >= 11 is 1.28. The van der Waals surface area contributed by atoms with Crippen molar-refractivity contribution in [1.82, 2.24) is 14.6 Å². The first-order chi connectivity index (χ1) is 13.7. The van der Waals surface area contributed by atoms with Crippen LogP contribution in [-0.4, -0.2) is 63.9 Å². The van der Waals surface area contributed by atoms with E-state index >= 15 is 0 Å². The van der Waals surface area contributed by atoms with Gasteiger partial charge in [-0.1, -0.05) is 0 Å². The number of anilines is 2. The zero-order valence-electron chi connectivity index (χ0n) is 16.1. The van der Waals surface area contributed by atoms with Gasteiger partial charge in [-0.25, -0.2) is 22.5 Å². The van der Waals surface area contributed by atoms with Crippen LogP contribution < -0.4 is 20.3 Å². The van der Waals surface area contributed by atoms with Gasteiger partial charge < -0.3 is 15.4 Å². The van der Waals surface area contributed by atoms with Crippen LogP contribution in [-0.2, 0) is 21.2 Å². The highest BCUT2D eigenvalue weighted by Crippen LogP contribution is 2.29. The minimum absolute atomic E-state index is 0.0280. The first-order valence-electron chi connectivity index (χ1n) is 8.62. The molecule has 1 saturated heterocycles. The van der Waals surface area contributed by atoms with Crippen molar-refractivity contribution in [3.8, 4) is 5.75 Å². The highest BCUT2D eigenvalue weighted by molar-refractivity contribution is 7.89. The molecule has 2 N–H and O–H groups in total. The molecule has 0 saturated carbocycles. The van der Waals surface area contributed by atoms with Crippen molar-refractivity contribution in [2.24, 2.45) is 0 Å². The molecule has 156 valence electrons. The molecule has 0 spiro atoms. The number of nitrogens with one attached hydrogen (secondary N) is 2. The molecule has 0 atom stereocenters. The first kappa shape index (κ1) is 21.0. The molecule has 29 heavy (non-hydrogen) atoms. The fourth-order valence-corrected chi connectivity index (χ4v) is 4.45. The lowest BCUT2D eigenvalue weighted by atomic mass is 10.2. The molecule has 0 aliphatic carbocycles. The third-order valence-electron chi connectivity index (χ3n) is 4.19. The lowest BCUT2D eigenvalue weighted by Crippen LogP contribution is -2.27. The van der Waals surface area contributed by atoms with E-state index in [2.05, 4.69) is 15.6 Å². The fourth-order valence-electron chi connectivity index (χ4n) is 2.67. The van der Waals surface area contributed by atoms with E-state index in [1.165, 1.54) is 55.6 Å². The van der Waals surface area contributed by atoms with Crippen LogP contribution in [0.4, 0.5) is 15.6 Å². The van der Waals surface area contributed by atoms with E-state index in [-0.39, 0.29) is 28.9 Å². The molecule has 2 aromatic rings. The summed E-state index contributed by atoms with van der Waals surface area (Å²) in [5, 5.41) is 7.61. The Kier molecular flexibility index (Phi) is 6.05. The second-order valence-electron chi connectivity index (χ2n) is 6.38. The maximum atomic E-state index is 12.5. The molecule has 1 aromatic carbocycles. The second kappa shape index (κ2) is 8.35. The van der Waals surface area contributed by atoms with Gasteiger partial charge in [0.2, 0.25) is 15.9 Å². The lowest BCUT2D eigenvalue weighted by molar-refractivity contribution is -0.115. The average Bonchev–Trinajstić information content (AvgIpc) is 3.29. The van der Waals surface area contributed by atoms with E-state index in [4.69, 9.17) is 4.74 Å². The van der Waals surface area contributed by atoms with Crippen molar-refractivity contribution >= 4 is 44.1 Å². The minimum atomic E-state index is -3.66. The number of aromatic nitrogens is 1. The molecule has 3 rings (SSSR count). The Balaban J connectivity index is 1.75. The van der Waals surface area contributed by atoms with Crippen LogP contribution in [0.5, 0.6) is 5.75 Å². The van der Waals surface area contributed by atoms with Gasteiger partial charge >= 0.3 is 6.03 Å². The quantitative estimate of drug-likeness (QED) is 0.667. The molecule has 0 radical (unpaired) electrons. The molecule has 0 bridgehead atoms. The summed E-state index contributed by atoms with van der Waals surface area (Å²) in [5.41, 5.74) is 0.757. The van der Waals surface area contributed by atoms with Crippen LogP contribution in [0.2, 0.25) is 0 Å². The zero-order valence-corrected chi connectivity index (χ0v) is 17.8. The minimum Gasteiger partial charge on any atom is -0.495 e. The van der Waals surface area contributed by atoms with E-state index < -0.39 is 10.0 Å². The lowest BCUT2D eigenvalue weighted by Gasteiger charge is -2.15. The Morgan fingerprint density at radius 3 is 2.79 bits per heavy atom. The van der Waals surface area contributed by atoms with Crippen LogP contribution in [0, 0.1) is 0 Å². The number of hydrogen-bond donors (Lipinski definition) is 2. The Hall–Kier alpha value is -2.70. The molecule has 1 aliphatic rings. The van der Waals surface area contributed by atoms with Gasteiger partial charge in [-0.2, -0.15) is 0 Å². The molecule has 1 aliphatic heterocycles. The van der Waals surface area contributed by atoms with Gasteiger partial charge in [-0.15, -0.1) is 11.3 Å². The number of benzene rings is 1. The normalized spacial score (nSPS) is 14.2. The standard InChI is InChI=1S/C17H21N5O5S2/c1-21(2)29(25,26)12-4-5-14(27-3)13(9-12)20-15(23)8-11-10-28-17(19-11)22-7-6-18-16(22)24/h4-5,9-10H,6-8H2,1-3H3,(H,18,24)(H,20,23). The maximum absolute atomic E-state index is 12.5. The average molecular weight is 440 g/mol. The number of amides is 3. The highest BCUT2D eigenvalue weighted by atomic mass is 32.2. The summed E-state index contributed by atoms with van der Waals surface area (Å²) in [6.07, 6.45) is -0.0280. The number of urea groups is 1. The highest BCUT2D eigenvalue weighted by Gasteiger charge is 2.24. The number of hydrogen-bond acceptors (Lipinski definition) is 7. The molecule has 1 fully saturated rings. The van der Waals surface area contributed by atoms with Gasteiger partial charge in [0.25, 0.3) is 0 Å². The Morgan fingerprint density at radius 1 is 1.41 bits per heavy atom. The van der Waals surface area contributed by atoms with E-state index in [9.17, 15) is 18.0 Å². The Labute approximate surface area is 172 Å². The second-order valence-corrected chi connectivity index (χ2v) is 9.37. The SMILES string of the molecule is COc1ccc(S(=O)(=O)N(C)C)cc1NC(=O)Cc1csc(N2CCNC2=O)n1. The van der Waals surface area contributed by atoms with Crippen LogP contribution in [0.3, 0.4) is 0 Å². The van der Waals surface area contributed by atoms with Crippen molar-refractivity contribution in [1.29, 1.82) is 0 Å². The van der Waals surface area contributed by atoms with E-state index in [0.717, 1.165) is 4.31 Å². The third-order valence-corrected chi connectivity index (χ3v) is 6.92. The van der Waals surface area contributed by atoms with Crippen molar-refractivity contribution in [2.75, 3.05) is 44.5 Å². The molecular formula is C17H21N5O5S2. The molecule has 2 heterocycles. The van der Waals surface area contributed by atoms with Crippen molar-refractivity contribution < 1.29 is 22.7 Å². The zero-order chi connectivity index (χ0) is 21.2. The van der Waals surface area contributed by atoms with E-state index in [1.807, 2.05) is 0 Å². The number of sulfonamides is 1. The number of methoxy groups -OCH3 is 1. The first-order valence-corrected chi connectivity index (χ1v) is 10.9. The fraction of sp³-hybridized carbons (Fsp3) is 0.353. The number of rotatable bonds is 7. The van der Waals surface area contributed by atoms with Gasteiger partial charge in [0.05, 0.1) is 29.8 Å². The van der Waals surface area contributed by atoms with Crippen LogP contribution in [0.15, 0.2) is 28.5 Å². The maximum Gasteiger partial charge on any atom is 0.323 e. The monoisotopic (exact) mass is 439 g/mol. The van der Waals surface area contributed by atoms with Crippen LogP contribution in [0.25, 0.3) is 0 Å².